The molecule has 2 N–H and O–H groups in total. The van der Waals surface area contributed by atoms with Crippen LogP contribution in [-0.4, -0.2) is 15.6 Å². The van der Waals surface area contributed by atoms with E-state index in [-0.39, 0.29) is 6.04 Å². The molecular formula is C14H18BrN3. The summed E-state index contributed by atoms with van der Waals surface area (Å²) in [5, 5.41) is 0. The lowest BCUT2D eigenvalue weighted by molar-refractivity contribution is 0.557. The van der Waals surface area contributed by atoms with Crippen LogP contribution in [0.5, 0.6) is 0 Å². The molecule has 1 unspecified atom stereocenters. The maximum atomic E-state index is 6.22. The van der Waals surface area contributed by atoms with Crippen LogP contribution in [0.3, 0.4) is 0 Å². The summed E-state index contributed by atoms with van der Waals surface area (Å²) in [6.07, 6.45) is 3.48. The summed E-state index contributed by atoms with van der Waals surface area (Å²) >= 11 is 3.50. The smallest absolute Gasteiger partial charge is 0.111 e. The molecule has 18 heavy (non-hydrogen) atoms. The van der Waals surface area contributed by atoms with E-state index in [4.69, 9.17) is 10.7 Å². The maximum absolute atomic E-state index is 6.22. The summed E-state index contributed by atoms with van der Waals surface area (Å²) in [7, 11) is 0. The highest BCUT2D eigenvalue weighted by atomic mass is 79.9. The number of nitrogens with two attached hydrogens (primary N) is 1. The Kier molecular flexibility index (Phi) is 3.16. The SMILES string of the molecule is CCn1c(CC(N)C2CC2)nc2cc(Br)ccc21. The fraction of sp³-hybridized carbons (Fsp3) is 0.500. The first-order valence-corrected chi connectivity index (χ1v) is 7.38. The van der Waals surface area contributed by atoms with Gasteiger partial charge >= 0.3 is 0 Å². The van der Waals surface area contributed by atoms with E-state index in [1.54, 1.807) is 0 Å². The number of aryl methyl sites for hydroxylation is 1. The third kappa shape index (κ3) is 2.19. The van der Waals surface area contributed by atoms with Crippen molar-refractivity contribution >= 4 is 27.0 Å². The predicted molar refractivity (Wildman–Crippen MR) is 77.5 cm³/mol. The zero-order valence-corrected chi connectivity index (χ0v) is 12.2. The van der Waals surface area contributed by atoms with Gasteiger partial charge in [-0.1, -0.05) is 15.9 Å². The topological polar surface area (TPSA) is 43.8 Å². The highest BCUT2D eigenvalue weighted by Crippen LogP contribution is 2.33. The Morgan fingerprint density at radius 1 is 1.50 bits per heavy atom. The average molecular weight is 308 g/mol. The molecule has 0 aliphatic heterocycles. The van der Waals surface area contributed by atoms with Gasteiger partial charge < -0.3 is 10.3 Å². The minimum atomic E-state index is 0.274. The Bertz CT molecular complexity index is 572. The van der Waals surface area contributed by atoms with E-state index >= 15 is 0 Å². The number of aromatic nitrogens is 2. The molecule has 1 aromatic carbocycles. The van der Waals surface area contributed by atoms with Gasteiger partial charge in [0.25, 0.3) is 0 Å². The van der Waals surface area contributed by atoms with E-state index in [0.29, 0.717) is 0 Å². The molecule has 0 amide bonds. The molecule has 0 bridgehead atoms. The molecule has 1 aliphatic rings. The van der Waals surface area contributed by atoms with Crippen molar-refractivity contribution < 1.29 is 0 Å². The lowest BCUT2D eigenvalue weighted by Gasteiger charge is -2.11. The Morgan fingerprint density at radius 3 is 2.94 bits per heavy atom. The molecule has 1 aromatic heterocycles. The first-order valence-electron chi connectivity index (χ1n) is 6.59. The zero-order chi connectivity index (χ0) is 12.7. The molecule has 0 spiro atoms. The minimum Gasteiger partial charge on any atom is -0.328 e. The van der Waals surface area contributed by atoms with Crippen LogP contribution in [0.4, 0.5) is 0 Å². The molecule has 2 aromatic rings. The molecule has 1 atom stereocenters. The molecule has 1 saturated carbocycles. The van der Waals surface area contributed by atoms with Crippen molar-refractivity contribution in [2.24, 2.45) is 11.7 Å². The summed E-state index contributed by atoms with van der Waals surface area (Å²) in [5.74, 6) is 1.85. The van der Waals surface area contributed by atoms with E-state index in [0.717, 1.165) is 34.7 Å². The van der Waals surface area contributed by atoms with Crippen LogP contribution in [-0.2, 0) is 13.0 Å². The maximum Gasteiger partial charge on any atom is 0.111 e. The van der Waals surface area contributed by atoms with Gasteiger partial charge in [0.2, 0.25) is 0 Å². The molecule has 3 rings (SSSR count). The lowest BCUT2D eigenvalue weighted by Crippen LogP contribution is -2.26. The van der Waals surface area contributed by atoms with E-state index in [1.165, 1.54) is 18.4 Å². The monoisotopic (exact) mass is 307 g/mol. The second-order valence-electron chi connectivity index (χ2n) is 5.11. The Balaban J connectivity index is 1.99. The van der Waals surface area contributed by atoms with Gasteiger partial charge in [0.15, 0.2) is 0 Å². The molecule has 0 saturated heterocycles. The van der Waals surface area contributed by atoms with Crippen molar-refractivity contribution in [3.8, 4) is 0 Å². The molecule has 1 heterocycles. The standard InChI is InChI=1S/C14H18BrN3/c1-2-18-13-6-5-10(15)7-12(13)17-14(18)8-11(16)9-3-4-9/h5-7,9,11H,2-4,8,16H2,1H3. The normalized spacial score (nSPS) is 17.3. The Morgan fingerprint density at radius 2 is 2.28 bits per heavy atom. The van der Waals surface area contributed by atoms with E-state index < -0.39 is 0 Å². The van der Waals surface area contributed by atoms with Crippen LogP contribution in [0.2, 0.25) is 0 Å². The molecule has 0 radical (unpaired) electrons. The summed E-state index contributed by atoms with van der Waals surface area (Å²) < 4.78 is 3.36. The van der Waals surface area contributed by atoms with Crippen LogP contribution in [0.15, 0.2) is 22.7 Å². The number of nitrogens with zero attached hydrogens (tertiary/aromatic N) is 2. The van der Waals surface area contributed by atoms with Crippen molar-refractivity contribution in [2.75, 3.05) is 0 Å². The van der Waals surface area contributed by atoms with Gasteiger partial charge in [0.05, 0.1) is 11.0 Å². The van der Waals surface area contributed by atoms with Gasteiger partial charge in [-0.25, -0.2) is 4.98 Å². The first kappa shape index (κ1) is 12.2. The van der Waals surface area contributed by atoms with Crippen molar-refractivity contribution in [1.82, 2.24) is 9.55 Å². The third-order valence-electron chi connectivity index (χ3n) is 3.75. The molecular weight excluding hydrogens is 290 g/mol. The number of fused-ring (bicyclic) bond motifs is 1. The summed E-state index contributed by atoms with van der Waals surface area (Å²) in [6, 6.07) is 6.55. The van der Waals surface area contributed by atoms with Crippen molar-refractivity contribution in [3.63, 3.8) is 0 Å². The van der Waals surface area contributed by atoms with Gasteiger partial charge in [-0.2, -0.15) is 0 Å². The fourth-order valence-corrected chi connectivity index (χ4v) is 2.91. The summed E-state index contributed by atoms with van der Waals surface area (Å²) in [6.45, 7) is 3.11. The van der Waals surface area contributed by atoms with Crippen LogP contribution in [0, 0.1) is 5.92 Å². The highest BCUT2D eigenvalue weighted by molar-refractivity contribution is 9.10. The van der Waals surface area contributed by atoms with Gasteiger partial charge in [-0.05, 0) is 43.9 Å². The second kappa shape index (κ2) is 4.67. The second-order valence-corrected chi connectivity index (χ2v) is 6.03. The molecule has 4 heteroatoms. The van der Waals surface area contributed by atoms with Gasteiger partial charge in [0, 0.05) is 23.5 Å². The van der Waals surface area contributed by atoms with Crippen LogP contribution in [0.25, 0.3) is 11.0 Å². The number of halogens is 1. The van der Waals surface area contributed by atoms with Gasteiger partial charge in [-0.3, -0.25) is 0 Å². The van der Waals surface area contributed by atoms with Crippen LogP contribution < -0.4 is 5.73 Å². The fourth-order valence-electron chi connectivity index (χ4n) is 2.56. The quantitative estimate of drug-likeness (QED) is 0.943. The van der Waals surface area contributed by atoms with Crippen LogP contribution in [0.1, 0.15) is 25.6 Å². The van der Waals surface area contributed by atoms with E-state index in [9.17, 15) is 0 Å². The number of hydrogen-bond acceptors (Lipinski definition) is 2. The minimum absolute atomic E-state index is 0.274. The zero-order valence-electron chi connectivity index (χ0n) is 10.6. The Hall–Kier alpha value is -0.870. The lowest BCUT2D eigenvalue weighted by atomic mass is 10.1. The van der Waals surface area contributed by atoms with E-state index in [1.807, 2.05) is 0 Å². The van der Waals surface area contributed by atoms with Gasteiger partial charge in [0.1, 0.15) is 5.82 Å². The van der Waals surface area contributed by atoms with Crippen LogP contribution >= 0.6 is 15.9 Å². The molecule has 1 aliphatic carbocycles. The molecule has 1 fully saturated rings. The van der Waals surface area contributed by atoms with Crippen molar-refractivity contribution in [2.45, 2.75) is 38.8 Å². The predicted octanol–water partition coefficient (Wildman–Crippen LogP) is 3.10. The van der Waals surface area contributed by atoms with Crippen molar-refractivity contribution in [1.29, 1.82) is 0 Å². The number of imidazole rings is 1. The first-order chi connectivity index (χ1) is 8.69. The van der Waals surface area contributed by atoms with E-state index in [2.05, 4.69) is 45.6 Å². The number of hydrogen-bond donors (Lipinski definition) is 1. The summed E-state index contributed by atoms with van der Waals surface area (Å²) in [5.41, 5.74) is 8.49. The molecule has 3 nitrogen and oxygen atoms in total. The molecule has 96 valence electrons. The van der Waals surface area contributed by atoms with Gasteiger partial charge in [-0.15, -0.1) is 0 Å². The summed E-state index contributed by atoms with van der Waals surface area (Å²) in [4.78, 5) is 4.75. The number of benzene rings is 1. The highest BCUT2D eigenvalue weighted by Gasteiger charge is 2.29. The van der Waals surface area contributed by atoms with Crippen molar-refractivity contribution in [3.05, 3.63) is 28.5 Å². The number of rotatable bonds is 4. The average Bonchev–Trinajstić information content (AvgIpc) is 3.12. The largest absolute Gasteiger partial charge is 0.328 e. The third-order valence-corrected chi connectivity index (χ3v) is 4.24. The Labute approximate surface area is 116 Å².